The van der Waals surface area contributed by atoms with E-state index >= 15 is 0 Å². The Labute approximate surface area is 118 Å². The van der Waals surface area contributed by atoms with Gasteiger partial charge in [0.25, 0.3) is 0 Å². The molecular formula is C12H22N6O2. The fourth-order valence-electron chi connectivity index (χ4n) is 2.12. The van der Waals surface area contributed by atoms with Gasteiger partial charge in [0.15, 0.2) is 0 Å². The maximum atomic E-state index is 9.14. The highest BCUT2D eigenvalue weighted by Crippen LogP contribution is 2.16. The second kappa shape index (κ2) is 7.20. The fraction of sp³-hybridized carbons (Fsp3) is 0.750. The molecule has 0 aromatic carbocycles. The summed E-state index contributed by atoms with van der Waals surface area (Å²) >= 11 is 0. The molecule has 8 nitrogen and oxygen atoms in total. The smallest absolute Gasteiger partial charge is 0.232 e. The number of hydrogen-bond donors (Lipinski definition) is 2. The lowest BCUT2D eigenvalue weighted by Crippen LogP contribution is -2.38. The van der Waals surface area contributed by atoms with E-state index < -0.39 is 0 Å². The van der Waals surface area contributed by atoms with E-state index in [1.165, 1.54) is 0 Å². The maximum absolute atomic E-state index is 9.14. The summed E-state index contributed by atoms with van der Waals surface area (Å²) in [5.74, 6) is 1.31. The number of aromatic nitrogens is 3. The van der Waals surface area contributed by atoms with Crippen molar-refractivity contribution in [2.75, 3.05) is 61.5 Å². The minimum Gasteiger partial charge on any atom is -0.395 e. The van der Waals surface area contributed by atoms with Gasteiger partial charge < -0.3 is 25.4 Å². The molecule has 20 heavy (non-hydrogen) atoms. The zero-order chi connectivity index (χ0) is 14.4. The van der Waals surface area contributed by atoms with Crippen molar-refractivity contribution in [3.63, 3.8) is 0 Å². The lowest BCUT2D eigenvalue weighted by molar-refractivity contribution is 0.122. The first-order valence-corrected chi connectivity index (χ1v) is 6.94. The molecule has 0 atom stereocenters. The molecule has 0 bridgehead atoms. The highest BCUT2D eigenvalue weighted by molar-refractivity contribution is 5.43. The molecule has 8 heteroatoms. The Hall–Kier alpha value is -1.67. The van der Waals surface area contributed by atoms with Gasteiger partial charge in [-0.15, -0.1) is 0 Å². The summed E-state index contributed by atoms with van der Waals surface area (Å²) in [5.41, 5.74) is 5.79. The molecule has 2 rings (SSSR count). The second-order valence-electron chi connectivity index (χ2n) is 4.60. The Kier molecular flexibility index (Phi) is 5.31. The van der Waals surface area contributed by atoms with Crippen LogP contribution in [0.4, 0.5) is 17.8 Å². The summed E-state index contributed by atoms with van der Waals surface area (Å²) in [7, 11) is 0. The van der Waals surface area contributed by atoms with Crippen LogP contribution in [0.5, 0.6) is 0 Å². The molecular weight excluding hydrogens is 260 g/mol. The van der Waals surface area contributed by atoms with Gasteiger partial charge in [0.1, 0.15) is 0 Å². The number of nitrogens with zero attached hydrogens (tertiary/aromatic N) is 5. The van der Waals surface area contributed by atoms with Gasteiger partial charge in [-0.05, 0) is 6.42 Å². The SMILES string of the molecule is CCCN(CCO)c1nc(N)nc(N2CCOCC2)n1. The number of hydrogen-bond acceptors (Lipinski definition) is 8. The third-order valence-corrected chi connectivity index (χ3v) is 3.07. The Morgan fingerprint density at radius 2 is 2.00 bits per heavy atom. The van der Waals surface area contributed by atoms with Crippen molar-refractivity contribution < 1.29 is 9.84 Å². The molecule has 3 N–H and O–H groups in total. The van der Waals surface area contributed by atoms with Gasteiger partial charge in [-0.25, -0.2) is 0 Å². The summed E-state index contributed by atoms with van der Waals surface area (Å²) in [4.78, 5) is 16.8. The van der Waals surface area contributed by atoms with E-state index in [1.54, 1.807) is 0 Å². The Morgan fingerprint density at radius 3 is 2.65 bits per heavy atom. The van der Waals surface area contributed by atoms with Crippen molar-refractivity contribution >= 4 is 17.8 Å². The summed E-state index contributed by atoms with van der Waals surface area (Å²) in [6, 6.07) is 0. The Balaban J connectivity index is 2.21. The average molecular weight is 282 g/mol. The second-order valence-corrected chi connectivity index (χ2v) is 4.60. The summed E-state index contributed by atoms with van der Waals surface area (Å²) < 4.78 is 5.32. The first-order valence-electron chi connectivity index (χ1n) is 6.94. The van der Waals surface area contributed by atoms with E-state index in [0.29, 0.717) is 31.7 Å². The lowest BCUT2D eigenvalue weighted by Gasteiger charge is -2.28. The normalized spacial score (nSPS) is 15.4. The van der Waals surface area contributed by atoms with Gasteiger partial charge in [-0.2, -0.15) is 15.0 Å². The first-order chi connectivity index (χ1) is 9.74. The van der Waals surface area contributed by atoms with Crippen LogP contribution in [0.25, 0.3) is 0 Å². The molecule has 1 fully saturated rings. The standard InChI is InChI=1S/C12H22N6O2/c1-2-3-17(4-7-19)11-14-10(13)15-12(16-11)18-5-8-20-9-6-18/h19H,2-9H2,1H3,(H2,13,14,15,16). The van der Waals surface area contributed by atoms with Gasteiger partial charge in [0.05, 0.1) is 19.8 Å². The van der Waals surface area contributed by atoms with Crippen molar-refractivity contribution in [2.24, 2.45) is 0 Å². The molecule has 0 unspecified atom stereocenters. The predicted octanol–water partition coefficient (Wildman–Crippen LogP) is -0.501. The number of nitrogens with two attached hydrogens (primary N) is 1. The van der Waals surface area contributed by atoms with E-state index in [2.05, 4.69) is 21.9 Å². The van der Waals surface area contributed by atoms with E-state index in [-0.39, 0.29) is 12.6 Å². The topological polar surface area (TPSA) is 101 Å². The van der Waals surface area contributed by atoms with Crippen LogP contribution in [0.15, 0.2) is 0 Å². The van der Waals surface area contributed by atoms with Crippen molar-refractivity contribution in [2.45, 2.75) is 13.3 Å². The van der Waals surface area contributed by atoms with Crippen LogP contribution in [-0.2, 0) is 4.74 Å². The highest BCUT2D eigenvalue weighted by Gasteiger charge is 2.18. The largest absolute Gasteiger partial charge is 0.395 e. The third kappa shape index (κ3) is 3.67. The van der Waals surface area contributed by atoms with Gasteiger partial charge in [0, 0.05) is 26.2 Å². The molecule has 0 amide bonds. The van der Waals surface area contributed by atoms with Crippen molar-refractivity contribution in [1.29, 1.82) is 0 Å². The first kappa shape index (κ1) is 14.7. The number of rotatable bonds is 6. The molecule has 0 spiro atoms. The van der Waals surface area contributed by atoms with Crippen LogP contribution in [0.2, 0.25) is 0 Å². The molecule has 0 saturated carbocycles. The van der Waals surface area contributed by atoms with E-state index in [1.807, 2.05) is 9.80 Å². The average Bonchev–Trinajstić information content (AvgIpc) is 2.47. The molecule has 1 aliphatic rings. The lowest BCUT2D eigenvalue weighted by atomic mass is 10.4. The van der Waals surface area contributed by atoms with Crippen LogP contribution < -0.4 is 15.5 Å². The molecule has 0 radical (unpaired) electrons. The van der Waals surface area contributed by atoms with Crippen LogP contribution in [0, 0.1) is 0 Å². The third-order valence-electron chi connectivity index (χ3n) is 3.07. The zero-order valence-corrected chi connectivity index (χ0v) is 11.8. The van der Waals surface area contributed by atoms with Crippen molar-refractivity contribution in [1.82, 2.24) is 15.0 Å². The van der Waals surface area contributed by atoms with E-state index in [9.17, 15) is 0 Å². The van der Waals surface area contributed by atoms with E-state index in [4.69, 9.17) is 15.6 Å². The predicted molar refractivity (Wildman–Crippen MR) is 76.9 cm³/mol. The van der Waals surface area contributed by atoms with E-state index in [0.717, 1.165) is 26.1 Å². The van der Waals surface area contributed by atoms with Gasteiger partial charge in [-0.1, -0.05) is 6.92 Å². The van der Waals surface area contributed by atoms with Crippen LogP contribution in [0.1, 0.15) is 13.3 Å². The van der Waals surface area contributed by atoms with Crippen molar-refractivity contribution in [3.05, 3.63) is 0 Å². The molecule has 1 aromatic heterocycles. The number of anilines is 3. The minimum atomic E-state index is 0.0540. The number of aliphatic hydroxyl groups excluding tert-OH is 1. The minimum absolute atomic E-state index is 0.0540. The monoisotopic (exact) mass is 282 g/mol. The molecule has 0 aliphatic carbocycles. The quantitative estimate of drug-likeness (QED) is 0.720. The van der Waals surface area contributed by atoms with Gasteiger partial charge >= 0.3 is 0 Å². The van der Waals surface area contributed by atoms with Gasteiger partial charge in [0.2, 0.25) is 17.8 Å². The maximum Gasteiger partial charge on any atom is 0.232 e. The number of nitrogen functional groups attached to an aromatic ring is 1. The molecule has 1 aliphatic heterocycles. The Bertz CT molecular complexity index is 418. The fourth-order valence-corrected chi connectivity index (χ4v) is 2.12. The summed E-state index contributed by atoms with van der Waals surface area (Å²) in [6.07, 6.45) is 0.943. The molecule has 1 aromatic rings. The number of aliphatic hydroxyl groups is 1. The molecule has 2 heterocycles. The number of ether oxygens (including phenoxy) is 1. The highest BCUT2D eigenvalue weighted by atomic mass is 16.5. The summed E-state index contributed by atoms with van der Waals surface area (Å²) in [5, 5.41) is 9.14. The summed E-state index contributed by atoms with van der Waals surface area (Å²) in [6.45, 7) is 6.20. The molecule has 112 valence electrons. The Morgan fingerprint density at radius 1 is 1.25 bits per heavy atom. The van der Waals surface area contributed by atoms with Crippen molar-refractivity contribution in [3.8, 4) is 0 Å². The van der Waals surface area contributed by atoms with Crippen LogP contribution in [-0.4, -0.2) is 66.1 Å². The van der Waals surface area contributed by atoms with Crippen LogP contribution >= 0.6 is 0 Å². The molecule has 1 saturated heterocycles. The number of morpholine rings is 1. The van der Waals surface area contributed by atoms with Gasteiger partial charge in [-0.3, -0.25) is 0 Å². The van der Waals surface area contributed by atoms with Crippen LogP contribution in [0.3, 0.4) is 0 Å². The zero-order valence-electron chi connectivity index (χ0n) is 11.8.